The second-order valence-corrected chi connectivity index (χ2v) is 6.06. The van der Waals surface area contributed by atoms with E-state index in [1.54, 1.807) is 12.3 Å². The maximum atomic E-state index is 12.1. The van der Waals surface area contributed by atoms with Crippen molar-refractivity contribution in [1.29, 1.82) is 0 Å². The number of furan rings is 1. The van der Waals surface area contributed by atoms with E-state index in [1.165, 1.54) is 19.3 Å². The van der Waals surface area contributed by atoms with Crippen LogP contribution in [0, 0.1) is 0 Å². The van der Waals surface area contributed by atoms with Gasteiger partial charge in [-0.25, -0.2) is 0 Å². The second kappa shape index (κ2) is 7.46. The highest BCUT2D eigenvalue weighted by Crippen LogP contribution is 2.25. The van der Waals surface area contributed by atoms with Crippen LogP contribution < -0.4 is 5.32 Å². The Morgan fingerprint density at radius 1 is 1.35 bits per heavy atom. The van der Waals surface area contributed by atoms with Gasteiger partial charge in [0.15, 0.2) is 5.76 Å². The molecular weight excluding hydrogens is 292 g/mol. The fourth-order valence-corrected chi connectivity index (χ4v) is 3.01. The molecule has 0 aromatic carbocycles. The number of H-pyrrole nitrogens is 1. The molecule has 0 aliphatic carbocycles. The van der Waals surface area contributed by atoms with Gasteiger partial charge in [0.05, 0.1) is 6.04 Å². The SMILES string of the molecule is CC(c1ccc(C(=O)NCCc2ccn[nH]2)o1)N1CCCCC1. The Hall–Kier alpha value is -2.08. The van der Waals surface area contributed by atoms with Crippen LogP contribution in [0.15, 0.2) is 28.8 Å². The minimum Gasteiger partial charge on any atom is -0.454 e. The van der Waals surface area contributed by atoms with Gasteiger partial charge in [-0.2, -0.15) is 5.10 Å². The van der Waals surface area contributed by atoms with Gasteiger partial charge in [-0.1, -0.05) is 6.42 Å². The average Bonchev–Trinajstić information content (AvgIpc) is 3.26. The third kappa shape index (κ3) is 4.01. The minimum atomic E-state index is -0.165. The first-order valence-electron chi connectivity index (χ1n) is 8.34. The van der Waals surface area contributed by atoms with Gasteiger partial charge in [-0.3, -0.25) is 14.8 Å². The summed E-state index contributed by atoms with van der Waals surface area (Å²) in [6, 6.07) is 5.81. The quantitative estimate of drug-likeness (QED) is 0.859. The van der Waals surface area contributed by atoms with Gasteiger partial charge in [-0.15, -0.1) is 0 Å². The van der Waals surface area contributed by atoms with Crippen LogP contribution in [0.1, 0.15) is 54.2 Å². The highest BCUT2D eigenvalue weighted by molar-refractivity contribution is 5.91. The number of carbonyl (C=O) groups is 1. The molecule has 1 saturated heterocycles. The molecule has 0 bridgehead atoms. The van der Waals surface area contributed by atoms with E-state index in [1.807, 2.05) is 12.1 Å². The van der Waals surface area contributed by atoms with Crippen molar-refractivity contribution in [3.63, 3.8) is 0 Å². The average molecular weight is 316 g/mol. The van der Waals surface area contributed by atoms with Crippen molar-refractivity contribution in [2.24, 2.45) is 0 Å². The molecule has 3 heterocycles. The van der Waals surface area contributed by atoms with Crippen LogP contribution in [-0.4, -0.2) is 40.6 Å². The van der Waals surface area contributed by atoms with Crippen LogP contribution in [0.4, 0.5) is 0 Å². The lowest BCUT2D eigenvalue weighted by Crippen LogP contribution is -2.32. The summed E-state index contributed by atoms with van der Waals surface area (Å²) in [6.45, 7) is 4.91. The maximum Gasteiger partial charge on any atom is 0.287 e. The van der Waals surface area contributed by atoms with Crippen molar-refractivity contribution in [2.75, 3.05) is 19.6 Å². The van der Waals surface area contributed by atoms with Crippen LogP contribution in [0.3, 0.4) is 0 Å². The van der Waals surface area contributed by atoms with Gasteiger partial charge in [0.25, 0.3) is 5.91 Å². The van der Waals surface area contributed by atoms with Crippen molar-refractivity contribution in [2.45, 2.75) is 38.6 Å². The number of amides is 1. The molecule has 124 valence electrons. The molecule has 2 N–H and O–H groups in total. The molecule has 1 aliphatic heterocycles. The van der Waals surface area contributed by atoms with Crippen LogP contribution in [0.2, 0.25) is 0 Å². The number of rotatable bonds is 6. The zero-order valence-electron chi connectivity index (χ0n) is 13.5. The lowest BCUT2D eigenvalue weighted by Gasteiger charge is -2.31. The molecule has 0 spiro atoms. The van der Waals surface area contributed by atoms with Crippen molar-refractivity contribution in [3.8, 4) is 0 Å². The van der Waals surface area contributed by atoms with Gasteiger partial charge in [0.2, 0.25) is 0 Å². The Morgan fingerprint density at radius 3 is 2.91 bits per heavy atom. The molecule has 23 heavy (non-hydrogen) atoms. The summed E-state index contributed by atoms with van der Waals surface area (Å²) in [4.78, 5) is 14.6. The summed E-state index contributed by atoms with van der Waals surface area (Å²) in [7, 11) is 0. The summed E-state index contributed by atoms with van der Waals surface area (Å²) in [5, 5.41) is 9.64. The molecule has 1 aliphatic rings. The number of hydrogen-bond donors (Lipinski definition) is 2. The Kier molecular flexibility index (Phi) is 5.12. The summed E-state index contributed by atoms with van der Waals surface area (Å²) in [5.41, 5.74) is 1.00. The molecule has 2 aromatic heterocycles. The predicted molar refractivity (Wildman–Crippen MR) is 87.2 cm³/mol. The Morgan fingerprint density at radius 2 is 2.17 bits per heavy atom. The van der Waals surface area contributed by atoms with Crippen molar-refractivity contribution >= 4 is 5.91 Å². The summed E-state index contributed by atoms with van der Waals surface area (Å²) in [6.07, 6.45) is 6.23. The van der Waals surface area contributed by atoms with Crippen LogP contribution in [-0.2, 0) is 6.42 Å². The first-order chi connectivity index (χ1) is 11.2. The highest BCUT2D eigenvalue weighted by Gasteiger charge is 2.22. The number of hydrogen-bond acceptors (Lipinski definition) is 4. The van der Waals surface area contributed by atoms with E-state index >= 15 is 0 Å². The van der Waals surface area contributed by atoms with E-state index in [2.05, 4.69) is 27.3 Å². The molecule has 0 radical (unpaired) electrons. The first-order valence-corrected chi connectivity index (χ1v) is 8.34. The topological polar surface area (TPSA) is 74.2 Å². The Bertz CT molecular complexity index is 614. The number of piperidine rings is 1. The number of carbonyl (C=O) groups excluding carboxylic acids is 1. The second-order valence-electron chi connectivity index (χ2n) is 6.06. The first kappa shape index (κ1) is 15.8. The van der Waals surface area contributed by atoms with E-state index in [9.17, 15) is 4.79 Å². The third-order valence-electron chi connectivity index (χ3n) is 4.44. The van der Waals surface area contributed by atoms with Gasteiger partial charge in [-0.05, 0) is 51.1 Å². The maximum absolute atomic E-state index is 12.1. The highest BCUT2D eigenvalue weighted by atomic mass is 16.4. The van der Waals surface area contributed by atoms with Crippen molar-refractivity contribution < 1.29 is 9.21 Å². The van der Waals surface area contributed by atoms with E-state index in [4.69, 9.17) is 4.42 Å². The predicted octanol–water partition coefficient (Wildman–Crippen LogP) is 2.52. The lowest BCUT2D eigenvalue weighted by molar-refractivity contribution is 0.0917. The van der Waals surface area contributed by atoms with Crippen LogP contribution in [0.5, 0.6) is 0 Å². The van der Waals surface area contributed by atoms with Crippen molar-refractivity contribution in [3.05, 3.63) is 41.6 Å². The van der Waals surface area contributed by atoms with Gasteiger partial charge in [0.1, 0.15) is 5.76 Å². The van der Waals surface area contributed by atoms with E-state index in [-0.39, 0.29) is 11.9 Å². The Balaban J connectivity index is 1.52. The molecule has 6 nitrogen and oxygen atoms in total. The number of likely N-dealkylation sites (tertiary alicyclic amines) is 1. The van der Waals surface area contributed by atoms with Crippen molar-refractivity contribution in [1.82, 2.24) is 20.4 Å². The molecule has 1 amide bonds. The molecular formula is C17H24N4O2. The molecule has 1 atom stereocenters. The summed E-state index contributed by atoms with van der Waals surface area (Å²) in [5.74, 6) is 1.08. The number of aromatic nitrogens is 2. The third-order valence-corrected chi connectivity index (χ3v) is 4.44. The zero-order chi connectivity index (χ0) is 16.1. The fourth-order valence-electron chi connectivity index (χ4n) is 3.01. The van der Waals surface area contributed by atoms with E-state index in [0.717, 1.165) is 31.0 Å². The molecule has 6 heteroatoms. The normalized spacial score (nSPS) is 17.1. The summed E-state index contributed by atoms with van der Waals surface area (Å²) < 4.78 is 5.77. The summed E-state index contributed by atoms with van der Waals surface area (Å²) >= 11 is 0. The number of nitrogens with zero attached hydrogens (tertiary/aromatic N) is 2. The smallest absolute Gasteiger partial charge is 0.287 e. The Labute approximate surface area is 136 Å². The van der Waals surface area contributed by atoms with Gasteiger partial charge < -0.3 is 9.73 Å². The standard InChI is InChI=1S/C17H24N4O2/c1-13(21-11-3-2-4-12-21)15-5-6-16(23-15)17(22)18-9-7-14-8-10-19-20-14/h5-6,8,10,13H,2-4,7,9,11-12H2,1H3,(H,18,22)(H,19,20). The van der Waals surface area contributed by atoms with E-state index < -0.39 is 0 Å². The van der Waals surface area contributed by atoms with Gasteiger partial charge in [0, 0.05) is 24.9 Å². The number of nitrogens with one attached hydrogen (secondary N) is 2. The lowest BCUT2D eigenvalue weighted by atomic mass is 10.1. The largest absolute Gasteiger partial charge is 0.454 e. The monoisotopic (exact) mass is 316 g/mol. The zero-order valence-corrected chi connectivity index (χ0v) is 13.5. The van der Waals surface area contributed by atoms with E-state index in [0.29, 0.717) is 12.3 Å². The van der Waals surface area contributed by atoms with Gasteiger partial charge >= 0.3 is 0 Å². The van der Waals surface area contributed by atoms with Crippen LogP contribution >= 0.6 is 0 Å². The molecule has 2 aromatic rings. The number of aromatic amines is 1. The molecule has 1 fully saturated rings. The fraction of sp³-hybridized carbons (Fsp3) is 0.529. The molecule has 1 unspecified atom stereocenters. The molecule has 0 saturated carbocycles. The van der Waals surface area contributed by atoms with Crippen LogP contribution in [0.25, 0.3) is 0 Å². The molecule has 3 rings (SSSR count). The minimum absolute atomic E-state index is 0.165.